The minimum absolute atomic E-state index is 0.0897. The summed E-state index contributed by atoms with van der Waals surface area (Å²) in [6, 6.07) is 5.13. The van der Waals surface area contributed by atoms with Crippen molar-refractivity contribution in [3.63, 3.8) is 0 Å². The molecule has 0 radical (unpaired) electrons. The Kier molecular flexibility index (Phi) is 5.06. The second-order valence-corrected chi connectivity index (χ2v) is 5.72. The molecule has 0 spiro atoms. The first-order valence-electron chi connectivity index (χ1n) is 7.86. The number of halogens is 2. The van der Waals surface area contributed by atoms with E-state index < -0.39 is 12.7 Å². The highest BCUT2D eigenvalue weighted by Gasteiger charge is 2.15. The van der Waals surface area contributed by atoms with Crippen LogP contribution < -0.4 is 9.47 Å². The zero-order chi connectivity index (χ0) is 18.7. The molecule has 0 aliphatic carbocycles. The predicted molar refractivity (Wildman–Crippen MR) is 88.5 cm³/mol. The lowest BCUT2D eigenvalue weighted by molar-refractivity contribution is -0.0502. The van der Waals surface area contributed by atoms with Crippen molar-refractivity contribution in [2.45, 2.75) is 33.5 Å². The number of aromatic nitrogens is 5. The summed E-state index contributed by atoms with van der Waals surface area (Å²) in [7, 11) is 0. The van der Waals surface area contributed by atoms with Crippen molar-refractivity contribution in [2.75, 3.05) is 0 Å². The van der Waals surface area contributed by atoms with Gasteiger partial charge in [0.15, 0.2) is 0 Å². The Morgan fingerprint density at radius 3 is 2.50 bits per heavy atom. The van der Waals surface area contributed by atoms with Crippen molar-refractivity contribution in [1.29, 1.82) is 0 Å². The summed E-state index contributed by atoms with van der Waals surface area (Å²) in [6.45, 7) is 2.47. The van der Waals surface area contributed by atoms with E-state index >= 15 is 0 Å². The SMILES string of the molecule is Cc1cnc(O[C@H](C)c2cn(-c3ccc(C)c(OC(F)F)c3)nn2)nc1. The van der Waals surface area contributed by atoms with Gasteiger partial charge in [-0.1, -0.05) is 11.3 Å². The largest absolute Gasteiger partial charge is 0.454 e. The zero-order valence-corrected chi connectivity index (χ0v) is 14.4. The van der Waals surface area contributed by atoms with Gasteiger partial charge in [-0.15, -0.1) is 5.10 Å². The fourth-order valence-electron chi connectivity index (χ4n) is 2.20. The van der Waals surface area contributed by atoms with Crippen LogP contribution in [0.2, 0.25) is 0 Å². The summed E-state index contributed by atoms with van der Waals surface area (Å²) >= 11 is 0. The Morgan fingerprint density at radius 1 is 1.08 bits per heavy atom. The van der Waals surface area contributed by atoms with Crippen molar-refractivity contribution in [3.05, 3.63) is 53.6 Å². The van der Waals surface area contributed by atoms with Gasteiger partial charge in [-0.25, -0.2) is 14.6 Å². The molecule has 26 heavy (non-hydrogen) atoms. The standard InChI is InChI=1S/C17H17F2N5O2/c1-10-7-20-17(21-8-10)25-12(3)14-9-24(23-22-14)13-5-4-11(2)15(6-13)26-16(18)19/h4-9,12,16H,1-3H3/t12-/m1/s1. The first-order chi connectivity index (χ1) is 12.4. The predicted octanol–water partition coefficient (Wildman–Crippen LogP) is 3.42. The van der Waals surface area contributed by atoms with Crippen molar-refractivity contribution in [3.8, 4) is 17.4 Å². The Morgan fingerprint density at radius 2 is 1.81 bits per heavy atom. The molecule has 0 unspecified atom stereocenters. The van der Waals surface area contributed by atoms with E-state index in [1.807, 2.05) is 6.92 Å². The molecule has 1 aromatic carbocycles. The fourth-order valence-corrected chi connectivity index (χ4v) is 2.20. The van der Waals surface area contributed by atoms with E-state index in [0.717, 1.165) is 5.56 Å². The van der Waals surface area contributed by atoms with Crippen LogP contribution in [0.25, 0.3) is 5.69 Å². The molecule has 0 fully saturated rings. The Labute approximate surface area is 148 Å². The third-order valence-electron chi connectivity index (χ3n) is 3.62. The molecule has 0 bridgehead atoms. The summed E-state index contributed by atoms with van der Waals surface area (Å²) in [4.78, 5) is 8.16. The van der Waals surface area contributed by atoms with Crippen LogP contribution in [0.15, 0.2) is 36.8 Å². The quantitative estimate of drug-likeness (QED) is 0.670. The van der Waals surface area contributed by atoms with Crippen LogP contribution in [0, 0.1) is 13.8 Å². The number of benzene rings is 1. The number of rotatable bonds is 6. The summed E-state index contributed by atoms with van der Waals surface area (Å²) < 4.78 is 36.6. The molecule has 7 nitrogen and oxygen atoms in total. The summed E-state index contributed by atoms with van der Waals surface area (Å²) in [5, 5.41) is 8.08. The third kappa shape index (κ3) is 4.11. The molecule has 9 heteroatoms. The molecule has 3 aromatic rings. The van der Waals surface area contributed by atoms with Crippen LogP contribution in [0.5, 0.6) is 11.8 Å². The molecule has 0 aliphatic heterocycles. The van der Waals surface area contributed by atoms with E-state index in [4.69, 9.17) is 4.74 Å². The van der Waals surface area contributed by atoms with Gasteiger partial charge in [0.05, 0.1) is 11.9 Å². The van der Waals surface area contributed by atoms with Crippen molar-refractivity contribution < 1.29 is 18.3 Å². The lowest BCUT2D eigenvalue weighted by Gasteiger charge is -2.10. The van der Waals surface area contributed by atoms with Crippen molar-refractivity contribution in [2.24, 2.45) is 0 Å². The number of hydrogen-bond donors (Lipinski definition) is 0. The zero-order valence-electron chi connectivity index (χ0n) is 14.4. The topological polar surface area (TPSA) is 75.0 Å². The monoisotopic (exact) mass is 361 g/mol. The van der Waals surface area contributed by atoms with Crippen molar-refractivity contribution in [1.82, 2.24) is 25.0 Å². The van der Waals surface area contributed by atoms with E-state index in [0.29, 0.717) is 16.9 Å². The van der Waals surface area contributed by atoms with E-state index in [1.165, 1.54) is 10.7 Å². The minimum Gasteiger partial charge on any atom is -0.454 e. The van der Waals surface area contributed by atoms with Crippen LogP contribution in [-0.2, 0) is 0 Å². The molecule has 0 N–H and O–H groups in total. The Balaban J connectivity index is 1.77. The molecular formula is C17H17F2N5O2. The maximum atomic E-state index is 12.5. The highest BCUT2D eigenvalue weighted by molar-refractivity contribution is 5.43. The molecular weight excluding hydrogens is 344 g/mol. The second kappa shape index (κ2) is 7.42. The van der Waals surface area contributed by atoms with Gasteiger partial charge in [-0.05, 0) is 38.0 Å². The first-order valence-corrected chi connectivity index (χ1v) is 7.86. The van der Waals surface area contributed by atoms with Gasteiger partial charge in [0.25, 0.3) is 0 Å². The number of nitrogens with zero attached hydrogens (tertiary/aromatic N) is 5. The highest BCUT2D eigenvalue weighted by Crippen LogP contribution is 2.24. The number of ether oxygens (including phenoxy) is 2. The Bertz CT molecular complexity index is 883. The van der Waals surface area contributed by atoms with Gasteiger partial charge in [-0.3, -0.25) is 0 Å². The van der Waals surface area contributed by atoms with Gasteiger partial charge in [0, 0.05) is 18.5 Å². The third-order valence-corrected chi connectivity index (χ3v) is 3.62. The molecule has 0 amide bonds. The molecule has 1 atom stereocenters. The van der Waals surface area contributed by atoms with E-state index in [2.05, 4.69) is 25.0 Å². The highest BCUT2D eigenvalue weighted by atomic mass is 19.3. The van der Waals surface area contributed by atoms with Gasteiger partial charge in [0.2, 0.25) is 0 Å². The van der Waals surface area contributed by atoms with Gasteiger partial charge >= 0.3 is 12.6 Å². The maximum Gasteiger partial charge on any atom is 0.387 e. The van der Waals surface area contributed by atoms with E-state index in [-0.39, 0.29) is 11.8 Å². The first kappa shape index (κ1) is 17.7. The smallest absolute Gasteiger partial charge is 0.387 e. The maximum absolute atomic E-state index is 12.5. The molecule has 136 valence electrons. The normalized spacial score (nSPS) is 12.2. The van der Waals surface area contributed by atoms with Crippen LogP contribution in [0.1, 0.15) is 29.8 Å². The number of alkyl halides is 2. The van der Waals surface area contributed by atoms with E-state index in [1.54, 1.807) is 44.6 Å². The number of aryl methyl sites for hydroxylation is 2. The molecule has 0 aliphatic rings. The lowest BCUT2D eigenvalue weighted by Crippen LogP contribution is -2.06. The van der Waals surface area contributed by atoms with Crippen LogP contribution >= 0.6 is 0 Å². The van der Waals surface area contributed by atoms with Crippen LogP contribution in [-0.4, -0.2) is 31.6 Å². The second-order valence-electron chi connectivity index (χ2n) is 5.72. The molecule has 3 rings (SSSR count). The van der Waals surface area contributed by atoms with Gasteiger partial charge in [0.1, 0.15) is 17.5 Å². The van der Waals surface area contributed by atoms with E-state index in [9.17, 15) is 8.78 Å². The fraction of sp³-hybridized carbons (Fsp3) is 0.294. The van der Waals surface area contributed by atoms with Gasteiger partial charge < -0.3 is 9.47 Å². The summed E-state index contributed by atoms with van der Waals surface area (Å²) in [5.74, 6) is 0.0897. The lowest BCUT2D eigenvalue weighted by atomic mass is 10.2. The molecule has 0 saturated heterocycles. The summed E-state index contributed by atoms with van der Waals surface area (Å²) in [6.07, 6.45) is 4.52. The average Bonchev–Trinajstić information content (AvgIpc) is 3.09. The van der Waals surface area contributed by atoms with Crippen molar-refractivity contribution >= 4 is 0 Å². The van der Waals surface area contributed by atoms with Gasteiger partial charge in [-0.2, -0.15) is 8.78 Å². The molecule has 2 heterocycles. The number of hydrogen-bond acceptors (Lipinski definition) is 6. The minimum atomic E-state index is -2.89. The van der Waals surface area contributed by atoms with Crippen LogP contribution in [0.3, 0.4) is 0 Å². The Hall–Kier alpha value is -3.10. The average molecular weight is 361 g/mol. The summed E-state index contributed by atoms with van der Waals surface area (Å²) in [5.41, 5.74) is 2.62. The van der Waals surface area contributed by atoms with Crippen LogP contribution in [0.4, 0.5) is 8.78 Å². The molecule has 2 aromatic heterocycles. The molecule has 0 saturated carbocycles.